The molecule has 2 N–H and O–H groups in total. The first-order valence-corrected chi connectivity index (χ1v) is 10.3. The van der Waals surface area contributed by atoms with Crippen LogP contribution in [0.5, 0.6) is 0 Å². The van der Waals surface area contributed by atoms with Gasteiger partial charge in [-0.15, -0.1) is 11.8 Å². The zero-order valence-electron chi connectivity index (χ0n) is 17.2. The fourth-order valence-corrected chi connectivity index (χ4v) is 3.90. The van der Waals surface area contributed by atoms with Crippen molar-refractivity contribution in [1.82, 2.24) is 5.32 Å². The number of hydrogen-bond donors (Lipinski definition) is 2. The van der Waals surface area contributed by atoms with Gasteiger partial charge in [-0.2, -0.15) is 0 Å². The largest absolute Gasteiger partial charge is 0.480 e. The van der Waals surface area contributed by atoms with Gasteiger partial charge in [-0.1, -0.05) is 25.1 Å². The maximum absolute atomic E-state index is 13.1. The molecule has 1 aromatic carbocycles. The molecule has 0 aliphatic carbocycles. The number of methoxy groups -OCH3 is 1. The Balaban J connectivity index is 2.99. The zero-order chi connectivity index (χ0) is 21.3. The van der Waals surface area contributed by atoms with Crippen LogP contribution in [0.15, 0.2) is 18.2 Å². The van der Waals surface area contributed by atoms with Crippen LogP contribution in [0.4, 0.5) is 5.69 Å². The summed E-state index contributed by atoms with van der Waals surface area (Å²) in [7, 11) is 1.59. The number of ether oxygens (including phenoxy) is 1. The van der Waals surface area contributed by atoms with E-state index < -0.39 is 17.9 Å². The van der Waals surface area contributed by atoms with Crippen molar-refractivity contribution in [3.8, 4) is 0 Å². The summed E-state index contributed by atoms with van der Waals surface area (Å²) in [6, 6.07) is 4.76. The van der Waals surface area contributed by atoms with Crippen LogP contribution in [0.2, 0.25) is 0 Å². The van der Waals surface area contributed by atoms with Gasteiger partial charge < -0.3 is 20.1 Å². The number of nitrogens with zero attached hydrogens (tertiary/aromatic N) is 1. The average molecular weight is 411 g/mol. The number of thioether (sulfide) groups is 1. The maximum atomic E-state index is 13.1. The molecule has 0 aliphatic rings. The number of aryl methyl sites for hydroxylation is 2. The molecule has 0 saturated carbocycles. The molecule has 7 nitrogen and oxygen atoms in total. The number of amides is 2. The van der Waals surface area contributed by atoms with Crippen LogP contribution in [0, 0.1) is 6.92 Å². The smallest absolute Gasteiger partial charge is 0.327 e. The second-order valence-electron chi connectivity index (χ2n) is 6.61. The van der Waals surface area contributed by atoms with Gasteiger partial charge in [0.2, 0.25) is 11.8 Å². The molecule has 0 heterocycles. The first-order valence-electron chi connectivity index (χ1n) is 9.20. The van der Waals surface area contributed by atoms with Crippen molar-refractivity contribution in [3.05, 3.63) is 29.3 Å². The van der Waals surface area contributed by atoms with Crippen LogP contribution in [0.1, 0.15) is 31.9 Å². The van der Waals surface area contributed by atoms with Gasteiger partial charge in [0.05, 0.1) is 24.1 Å². The van der Waals surface area contributed by atoms with E-state index in [2.05, 4.69) is 5.32 Å². The summed E-state index contributed by atoms with van der Waals surface area (Å²) in [5.41, 5.74) is 2.96. The Hall–Kier alpha value is -2.06. The molecule has 0 bridgehead atoms. The van der Waals surface area contributed by atoms with Crippen molar-refractivity contribution in [1.29, 1.82) is 0 Å². The predicted octanol–water partition coefficient (Wildman–Crippen LogP) is 2.25. The SMILES string of the molecule is CCc1cccc(C)c1N(C(=O)CSCC(NC(C)=O)C(=O)O)C(C)COC. The first-order chi connectivity index (χ1) is 13.2. The maximum Gasteiger partial charge on any atom is 0.327 e. The molecule has 1 rings (SSSR count). The molecule has 1 aromatic rings. The Morgan fingerprint density at radius 2 is 2.00 bits per heavy atom. The second-order valence-corrected chi connectivity index (χ2v) is 7.64. The number of benzene rings is 1. The Labute approximate surface area is 170 Å². The highest BCUT2D eigenvalue weighted by molar-refractivity contribution is 8.00. The third-order valence-electron chi connectivity index (χ3n) is 4.25. The van der Waals surface area contributed by atoms with Crippen molar-refractivity contribution >= 4 is 35.2 Å². The standard InChI is InChI=1S/C20H30N2O5S/c1-6-16-9-7-8-13(2)19(16)22(14(3)10-27-5)18(24)12-28-11-17(20(25)26)21-15(4)23/h7-9,14,17H,6,10-12H2,1-5H3,(H,21,23)(H,25,26). The highest BCUT2D eigenvalue weighted by Gasteiger charge is 2.26. The quantitative estimate of drug-likeness (QED) is 0.581. The van der Waals surface area contributed by atoms with E-state index in [1.807, 2.05) is 39.0 Å². The molecular formula is C20H30N2O5S. The lowest BCUT2D eigenvalue weighted by atomic mass is 10.0. The molecule has 156 valence electrons. The lowest BCUT2D eigenvalue weighted by Gasteiger charge is -2.32. The van der Waals surface area contributed by atoms with Crippen molar-refractivity contribution in [2.24, 2.45) is 0 Å². The summed E-state index contributed by atoms with van der Waals surface area (Å²) < 4.78 is 5.26. The van der Waals surface area contributed by atoms with E-state index in [1.165, 1.54) is 18.7 Å². The zero-order valence-corrected chi connectivity index (χ0v) is 18.0. The summed E-state index contributed by atoms with van der Waals surface area (Å²) in [5.74, 6) is -1.43. The number of rotatable bonds is 11. The Morgan fingerprint density at radius 3 is 2.54 bits per heavy atom. The molecule has 28 heavy (non-hydrogen) atoms. The third kappa shape index (κ3) is 6.83. The van der Waals surface area contributed by atoms with E-state index in [4.69, 9.17) is 4.74 Å². The number of aliphatic carboxylic acids is 1. The normalized spacial score (nSPS) is 12.9. The van der Waals surface area contributed by atoms with Gasteiger partial charge >= 0.3 is 5.97 Å². The van der Waals surface area contributed by atoms with Gasteiger partial charge in [0.15, 0.2) is 0 Å². The number of carboxylic acid groups (broad SMARTS) is 1. The van der Waals surface area contributed by atoms with Crippen molar-refractivity contribution < 1.29 is 24.2 Å². The lowest BCUT2D eigenvalue weighted by molar-refractivity contribution is -0.140. The summed E-state index contributed by atoms with van der Waals surface area (Å²) in [4.78, 5) is 37.2. The van der Waals surface area contributed by atoms with Crippen LogP contribution in [-0.2, 0) is 25.5 Å². The number of hydrogen-bond acceptors (Lipinski definition) is 5. The van der Waals surface area contributed by atoms with Gasteiger partial charge in [-0.25, -0.2) is 4.79 Å². The summed E-state index contributed by atoms with van der Waals surface area (Å²) in [5, 5.41) is 11.6. The fourth-order valence-electron chi connectivity index (χ4n) is 3.01. The van der Waals surface area contributed by atoms with E-state index in [0.29, 0.717) is 6.61 Å². The number of carbonyl (C=O) groups excluding carboxylic acids is 2. The Morgan fingerprint density at radius 1 is 1.32 bits per heavy atom. The molecule has 0 aliphatic heterocycles. The highest BCUT2D eigenvalue weighted by atomic mass is 32.2. The van der Waals surface area contributed by atoms with Crippen molar-refractivity contribution in [2.75, 3.05) is 30.1 Å². The monoisotopic (exact) mass is 410 g/mol. The highest BCUT2D eigenvalue weighted by Crippen LogP contribution is 2.28. The molecule has 0 aromatic heterocycles. The first kappa shape index (κ1) is 24.0. The Bertz CT molecular complexity index is 695. The van der Waals surface area contributed by atoms with E-state index >= 15 is 0 Å². The van der Waals surface area contributed by atoms with Crippen LogP contribution in [0.25, 0.3) is 0 Å². The van der Waals surface area contributed by atoms with Crippen LogP contribution >= 0.6 is 11.8 Å². The second kappa shape index (κ2) is 11.7. The van der Waals surface area contributed by atoms with Gasteiger partial charge in [-0.3, -0.25) is 9.59 Å². The molecule has 0 saturated heterocycles. The van der Waals surface area contributed by atoms with Gasteiger partial charge in [0.1, 0.15) is 6.04 Å². The van der Waals surface area contributed by atoms with E-state index in [-0.39, 0.29) is 23.5 Å². The average Bonchev–Trinajstić information content (AvgIpc) is 2.62. The van der Waals surface area contributed by atoms with Crippen LogP contribution in [0.3, 0.4) is 0 Å². The minimum atomic E-state index is -1.12. The van der Waals surface area contributed by atoms with Gasteiger partial charge in [0.25, 0.3) is 0 Å². The molecule has 0 spiro atoms. The van der Waals surface area contributed by atoms with Gasteiger partial charge in [0, 0.05) is 19.8 Å². The number of carbonyl (C=O) groups is 3. The van der Waals surface area contributed by atoms with Crippen LogP contribution < -0.4 is 10.2 Å². The molecular weight excluding hydrogens is 380 g/mol. The molecule has 2 unspecified atom stereocenters. The van der Waals surface area contributed by atoms with Crippen molar-refractivity contribution in [3.63, 3.8) is 0 Å². The van der Waals surface area contributed by atoms with E-state index in [9.17, 15) is 19.5 Å². The molecule has 0 radical (unpaired) electrons. The Kier molecular flexibility index (Phi) is 10.0. The minimum Gasteiger partial charge on any atom is -0.480 e. The van der Waals surface area contributed by atoms with Gasteiger partial charge in [-0.05, 0) is 31.4 Å². The third-order valence-corrected chi connectivity index (χ3v) is 5.27. The number of carboxylic acids is 1. The number of para-hydroxylation sites is 1. The fraction of sp³-hybridized carbons (Fsp3) is 0.550. The van der Waals surface area contributed by atoms with E-state index in [0.717, 1.165) is 23.2 Å². The summed E-state index contributed by atoms with van der Waals surface area (Å²) >= 11 is 1.19. The summed E-state index contributed by atoms with van der Waals surface area (Å²) in [6.07, 6.45) is 0.789. The topological polar surface area (TPSA) is 95.9 Å². The molecule has 2 atom stereocenters. The lowest BCUT2D eigenvalue weighted by Crippen LogP contribution is -2.44. The van der Waals surface area contributed by atoms with Crippen LogP contribution in [-0.4, -0.2) is 60.2 Å². The summed E-state index contributed by atoms with van der Waals surface area (Å²) in [6.45, 7) is 7.59. The molecule has 8 heteroatoms. The molecule has 0 fully saturated rings. The van der Waals surface area contributed by atoms with E-state index in [1.54, 1.807) is 12.0 Å². The predicted molar refractivity (Wildman–Crippen MR) is 112 cm³/mol. The number of anilines is 1. The minimum absolute atomic E-state index is 0.106. The molecule has 2 amide bonds. The van der Waals surface area contributed by atoms with Crippen molar-refractivity contribution in [2.45, 2.75) is 46.2 Å². The number of nitrogens with one attached hydrogen (secondary N) is 1.